The topological polar surface area (TPSA) is 73.8 Å². The van der Waals surface area contributed by atoms with Crippen molar-refractivity contribution in [3.63, 3.8) is 0 Å². The number of nitrogens with zero attached hydrogens (tertiary/aromatic N) is 5. The predicted octanol–water partition coefficient (Wildman–Crippen LogP) is 3.10. The van der Waals surface area contributed by atoms with Crippen molar-refractivity contribution in [1.82, 2.24) is 24.7 Å². The lowest BCUT2D eigenvalue weighted by Crippen LogP contribution is -2.54. The number of urea groups is 1. The molecule has 1 unspecified atom stereocenters. The molecule has 8 nitrogen and oxygen atoms in total. The van der Waals surface area contributed by atoms with Gasteiger partial charge in [-0.25, -0.2) is 14.8 Å². The number of amides is 2. The van der Waals surface area contributed by atoms with E-state index in [0.29, 0.717) is 25.1 Å². The van der Waals surface area contributed by atoms with Crippen molar-refractivity contribution >= 4 is 12.0 Å². The van der Waals surface area contributed by atoms with Crippen LogP contribution in [0.2, 0.25) is 0 Å². The van der Waals surface area contributed by atoms with Gasteiger partial charge in [0.2, 0.25) is 5.95 Å². The Morgan fingerprint density at radius 3 is 2.70 bits per heavy atom. The molecule has 2 atom stereocenters. The molecule has 2 fully saturated rings. The maximum Gasteiger partial charge on any atom is 0.320 e. The Labute approximate surface area is 195 Å². The lowest BCUT2D eigenvalue weighted by molar-refractivity contribution is 0.0798. The normalized spacial score (nSPS) is 24.4. The Hall–Kier alpha value is -2.71. The SMILES string of the molecule is CC1CN(C(=O)N2CCN(C)C[C@@H]2c2ccccc2)Cc2nc(NC3CCOCC3)ncc21. The van der Waals surface area contributed by atoms with Gasteiger partial charge in [0, 0.05) is 57.5 Å². The molecule has 1 N–H and O–H groups in total. The summed E-state index contributed by atoms with van der Waals surface area (Å²) in [7, 11) is 2.13. The Bertz CT molecular complexity index is 965. The van der Waals surface area contributed by atoms with Gasteiger partial charge in [-0.1, -0.05) is 37.3 Å². The highest BCUT2D eigenvalue weighted by molar-refractivity contribution is 5.75. The maximum atomic E-state index is 13.8. The number of ether oxygens (including phenoxy) is 1. The zero-order chi connectivity index (χ0) is 22.8. The van der Waals surface area contributed by atoms with Gasteiger partial charge < -0.3 is 24.8 Å². The molecule has 0 spiro atoms. The molecule has 0 aliphatic carbocycles. The number of carbonyl (C=O) groups excluding carboxylic acids is 1. The van der Waals surface area contributed by atoms with Gasteiger partial charge in [0.25, 0.3) is 0 Å². The van der Waals surface area contributed by atoms with Crippen LogP contribution in [0.15, 0.2) is 36.5 Å². The van der Waals surface area contributed by atoms with Crippen molar-refractivity contribution in [2.45, 2.75) is 44.3 Å². The van der Waals surface area contributed by atoms with Gasteiger partial charge in [-0.05, 0) is 31.0 Å². The molecular formula is C25H34N6O2. The van der Waals surface area contributed by atoms with Crippen molar-refractivity contribution in [2.24, 2.45) is 0 Å². The van der Waals surface area contributed by atoms with E-state index in [-0.39, 0.29) is 18.0 Å². The first-order valence-corrected chi connectivity index (χ1v) is 12.1. The van der Waals surface area contributed by atoms with Crippen molar-refractivity contribution < 1.29 is 9.53 Å². The number of carbonyl (C=O) groups is 1. The van der Waals surface area contributed by atoms with E-state index < -0.39 is 0 Å². The third-order valence-electron chi connectivity index (χ3n) is 7.10. The quantitative estimate of drug-likeness (QED) is 0.775. The van der Waals surface area contributed by atoms with Crippen LogP contribution in [0.4, 0.5) is 10.7 Å². The molecule has 3 aliphatic heterocycles. The summed E-state index contributed by atoms with van der Waals surface area (Å²) in [5.41, 5.74) is 3.29. The molecule has 1 aromatic heterocycles. The van der Waals surface area contributed by atoms with Crippen LogP contribution in [0, 0.1) is 0 Å². The number of rotatable bonds is 3. The summed E-state index contributed by atoms with van der Waals surface area (Å²) in [6.07, 6.45) is 3.87. The van der Waals surface area contributed by atoms with E-state index in [0.717, 1.165) is 56.9 Å². The summed E-state index contributed by atoms with van der Waals surface area (Å²) in [4.78, 5) is 29.5. The van der Waals surface area contributed by atoms with Crippen LogP contribution in [0.5, 0.6) is 0 Å². The van der Waals surface area contributed by atoms with Crippen molar-refractivity contribution in [1.29, 1.82) is 0 Å². The molecule has 1 aromatic carbocycles. The van der Waals surface area contributed by atoms with Crippen LogP contribution in [-0.2, 0) is 11.3 Å². The summed E-state index contributed by atoms with van der Waals surface area (Å²) >= 11 is 0. The zero-order valence-corrected chi connectivity index (χ0v) is 19.6. The monoisotopic (exact) mass is 450 g/mol. The Morgan fingerprint density at radius 1 is 1.12 bits per heavy atom. The Morgan fingerprint density at radius 2 is 1.91 bits per heavy atom. The van der Waals surface area contributed by atoms with Gasteiger partial charge in [0.1, 0.15) is 0 Å². The van der Waals surface area contributed by atoms with E-state index in [2.05, 4.69) is 58.3 Å². The Balaban J connectivity index is 1.34. The minimum atomic E-state index is 0.0605. The highest BCUT2D eigenvalue weighted by atomic mass is 16.5. The number of nitrogens with one attached hydrogen (secondary N) is 1. The van der Waals surface area contributed by atoms with E-state index in [1.165, 1.54) is 5.56 Å². The third kappa shape index (κ3) is 4.82. The fourth-order valence-corrected chi connectivity index (χ4v) is 5.17. The molecule has 0 saturated carbocycles. The lowest BCUT2D eigenvalue weighted by atomic mass is 9.96. The summed E-state index contributed by atoms with van der Waals surface area (Å²) in [6.45, 7) is 7.38. The number of benzene rings is 1. The summed E-state index contributed by atoms with van der Waals surface area (Å²) < 4.78 is 5.45. The van der Waals surface area contributed by atoms with Gasteiger partial charge in [-0.3, -0.25) is 0 Å². The minimum absolute atomic E-state index is 0.0605. The van der Waals surface area contributed by atoms with Crippen LogP contribution in [0.25, 0.3) is 0 Å². The van der Waals surface area contributed by atoms with Crippen LogP contribution >= 0.6 is 0 Å². The first-order chi connectivity index (χ1) is 16.1. The van der Waals surface area contributed by atoms with Crippen LogP contribution in [-0.4, -0.2) is 83.2 Å². The number of piperazine rings is 1. The number of anilines is 1. The van der Waals surface area contributed by atoms with Crippen LogP contribution in [0.3, 0.4) is 0 Å². The van der Waals surface area contributed by atoms with Crippen molar-refractivity contribution in [3.05, 3.63) is 53.3 Å². The number of hydrogen-bond donors (Lipinski definition) is 1. The van der Waals surface area contributed by atoms with Gasteiger partial charge >= 0.3 is 6.03 Å². The molecule has 33 heavy (non-hydrogen) atoms. The molecule has 2 saturated heterocycles. The van der Waals surface area contributed by atoms with Crippen molar-refractivity contribution in [3.8, 4) is 0 Å². The van der Waals surface area contributed by atoms with Gasteiger partial charge in [-0.2, -0.15) is 0 Å². The number of aromatic nitrogens is 2. The summed E-state index contributed by atoms with van der Waals surface area (Å²) in [6, 6.07) is 10.9. The Kier molecular flexibility index (Phi) is 6.46. The summed E-state index contributed by atoms with van der Waals surface area (Å²) in [5.74, 6) is 0.862. The van der Waals surface area contributed by atoms with E-state index in [9.17, 15) is 4.79 Å². The molecule has 0 radical (unpaired) electrons. The molecule has 5 rings (SSSR count). The fraction of sp³-hybridized carbons (Fsp3) is 0.560. The van der Waals surface area contributed by atoms with E-state index in [1.807, 2.05) is 17.2 Å². The van der Waals surface area contributed by atoms with Gasteiger partial charge in [0.15, 0.2) is 0 Å². The average molecular weight is 451 g/mol. The molecule has 4 heterocycles. The van der Waals surface area contributed by atoms with Crippen LogP contribution < -0.4 is 5.32 Å². The molecule has 3 aliphatic rings. The molecule has 2 aromatic rings. The molecular weight excluding hydrogens is 416 g/mol. The van der Waals surface area contributed by atoms with E-state index >= 15 is 0 Å². The first-order valence-electron chi connectivity index (χ1n) is 12.1. The predicted molar refractivity (Wildman–Crippen MR) is 127 cm³/mol. The second kappa shape index (κ2) is 9.65. The third-order valence-corrected chi connectivity index (χ3v) is 7.10. The molecule has 8 heteroatoms. The highest BCUT2D eigenvalue weighted by Crippen LogP contribution is 2.31. The molecule has 0 bridgehead atoms. The molecule has 176 valence electrons. The number of fused-ring (bicyclic) bond motifs is 1. The lowest BCUT2D eigenvalue weighted by Gasteiger charge is -2.44. The van der Waals surface area contributed by atoms with Crippen molar-refractivity contribution in [2.75, 3.05) is 51.8 Å². The fourth-order valence-electron chi connectivity index (χ4n) is 5.17. The van der Waals surface area contributed by atoms with Crippen LogP contribution in [0.1, 0.15) is 48.5 Å². The zero-order valence-electron chi connectivity index (χ0n) is 19.6. The standard InChI is InChI=1S/C25H34N6O2/c1-18-15-30(16-22-21(18)14-26-24(28-22)27-20-8-12-33-13-9-20)25(32)31-11-10-29(2)17-23(31)19-6-4-3-5-7-19/h3-7,14,18,20,23H,8-13,15-17H2,1-2H3,(H,26,27,28)/t18?,23-/m1/s1. The number of hydrogen-bond acceptors (Lipinski definition) is 6. The van der Waals surface area contributed by atoms with E-state index in [4.69, 9.17) is 9.72 Å². The minimum Gasteiger partial charge on any atom is -0.381 e. The summed E-state index contributed by atoms with van der Waals surface area (Å²) in [5, 5.41) is 3.47. The first kappa shape index (κ1) is 22.1. The highest BCUT2D eigenvalue weighted by Gasteiger charge is 2.36. The van der Waals surface area contributed by atoms with Gasteiger partial charge in [0.05, 0.1) is 18.3 Å². The second-order valence-corrected chi connectivity index (χ2v) is 9.57. The largest absolute Gasteiger partial charge is 0.381 e. The second-order valence-electron chi connectivity index (χ2n) is 9.57. The van der Waals surface area contributed by atoms with Gasteiger partial charge in [-0.15, -0.1) is 0 Å². The smallest absolute Gasteiger partial charge is 0.320 e. The maximum absolute atomic E-state index is 13.8. The average Bonchev–Trinajstić information content (AvgIpc) is 2.84. The number of likely N-dealkylation sites (N-methyl/N-ethyl adjacent to an activating group) is 1. The van der Waals surface area contributed by atoms with E-state index in [1.54, 1.807) is 0 Å². The molecule has 2 amide bonds.